The Labute approximate surface area is 185 Å². The number of anilines is 1. The molecule has 1 heterocycles. The maximum absolute atomic E-state index is 8.62. The molecule has 0 radical (unpaired) electrons. The van der Waals surface area contributed by atoms with Gasteiger partial charge in [-0.3, -0.25) is 4.98 Å². The summed E-state index contributed by atoms with van der Waals surface area (Å²) in [6.45, 7) is 3.28. The number of rotatable bonds is 9. The molecule has 158 valence electrons. The first-order valence-electron chi connectivity index (χ1n) is 11.6. The fourth-order valence-electron chi connectivity index (χ4n) is 5.33. The van der Waals surface area contributed by atoms with E-state index >= 15 is 0 Å². The number of fused-ring (bicyclic) bond motifs is 5. The van der Waals surface area contributed by atoms with Gasteiger partial charge in [0.05, 0.1) is 11.6 Å². The highest BCUT2D eigenvalue weighted by Crippen LogP contribution is 2.47. The van der Waals surface area contributed by atoms with Gasteiger partial charge in [-0.15, -0.1) is 0 Å². The highest BCUT2D eigenvalue weighted by atomic mass is 35.5. The van der Waals surface area contributed by atoms with Gasteiger partial charge in [-0.25, -0.2) is 0 Å². The third-order valence-electron chi connectivity index (χ3n) is 6.62. The SMILES string of the molecule is CC1=CC2Cc3nc4cc(Cl)ccc4c(NCCCCCCCCC#N)c3C(C1)C2. The molecule has 2 aromatic rings. The average Bonchev–Trinajstić information content (AvgIpc) is 2.71. The predicted octanol–water partition coefficient (Wildman–Crippen LogP) is 7.55. The molecule has 3 nitrogen and oxygen atoms in total. The molecule has 2 atom stereocenters. The Kier molecular flexibility index (Phi) is 6.95. The lowest BCUT2D eigenvalue weighted by Gasteiger charge is -2.36. The Balaban J connectivity index is 1.48. The van der Waals surface area contributed by atoms with Gasteiger partial charge in [-0.1, -0.05) is 48.9 Å². The topological polar surface area (TPSA) is 48.7 Å². The van der Waals surface area contributed by atoms with Crippen LogP contribution in [0.3, 0.4) is 0 Å². The van der Waals surface area contributed by atoms with Crippen molar-refractivity contribution in [2.24, 2.45) is 5.92 Å². The van der Waals surface area contributed by atoms with Crippen molar-refractivity contribution in [3.63, 3.8) is 0 Å². The van der Waals surface area contributed by atoms with E-state index in [1.165, 1.54) is 66.4 Å². The Morgan fingerprint density at radius 3 is 2.77 bits per heavy atom. The minimum atomic E-state index is 0.582. The second-order valence-electron chi connectivity index (χ2n) is 9.08. The molecule has 0 fully saturated rings. The molecular formula is C26H32ClN3. The number of halogens is 1. The third kappa shape index (κ3) is 4.81. The normalized spacial score (nSPS) is 19.8. The smallest absolute Gasteiger partial charge is 0.0741 e. The minimum Gasteiger partial charge on any atom is -0.384 e. The lowest BCUT2D eigenvalue weighted by Crippen LogP contribution is -2.24. The number of nitriles is 1. The summed E-state index contributed by atoms with van der Waals surface area (Å²) >= 11 is 6.29. The van der Waals surface area contributed by atoms with Crippen molar-refractivity contribution < 1.29 is 0 Å². The number of benzene rings is 1. The zero-order valence-electron chi connectivity index (χ0n) is 18.0. The van der Waals surface area contributed by atoms with Gasteiger partial charge in [-0.05, 0) is 69.1 Å². The average molecular weight is 422 g/mol. The third-order valence-corrected chi connectivity index (χ3v) is 6.86. The second kappa shape index (κ2) is 9.84. The second-order valence-corrected chi connectivity index (χ2v) is 9.52. The van der Waals surface area contributed by atoms with Crippen molar-refractivity contribution in [2.45, 2.75) is 77.0 Å². The number of pyridine rings is 1. The van der Waals surface area contributed by atoms with Crippen LogP contribution in [-0.4, -0.2) is 11.5 Å². The summed E-state index contributed by atoms with van der Waals surface area (Å²) in [6, 6.07) is 8.37. The number of allylic oxidation sites excluding steroid dienone is 2. The molecule has 0 saturated carbocycles. The monoisotopic (exact) mass is 421 g/mol. The van der Waals surface area contributed by atoms with Gasteiger partial charge >= 0.3 is 0 Å². The Morgan fingerprint density at radius 2 is 1.93 bits per heavy atom. The molecule has 0 amide bonds. The van der Waals surface area contributed by atoms with E-state index in [4.69, 9.17) is 21.8 Å². The van der Waals surface area contributed by atoms with Crippen molar-refractivity contribution in [1.82, 2.24) is 4.98 Å². The van der Waals surface area contributed by atoms with Crippen molar-refractivity contribution in [3.8, 4) is 6.07 Å². The number of hydrogen-bond acceptors (Lipinski definition) is 3. The molecule has 2 aliphatic rings. The Morgan fingerprint density at radius 1 is 1.13 bits per heavy atom. The zero-order valence-corrected chi connectivity index (χ0v) is 18.8. The molecule has 0 spiro atoms. The summed E-state index contributed by atoms with van der Waals surface area (Å²) in [4.78, 5) is 5.06. The van der Waals surface area contributed by atoms with Crippen LogP contribution in [0, 0.1) is 17.2 Å². The summed E-state index contributed by atoms with van der Waals surface area (Å²) in [5, 5.41) is 14.4. The van der Waals surface area contributed by atoms with Crippen LogP contribution in [0.25, 0.3) is 10.9 Å². The number of nitrogens with zero attached hydrogens (tertiary/aromatic N) is 2. The first kappa shape index (κ1) is 21.2. The van der Waals surface area contributed by atoms with E-state index in [1.54, 1.807) is 0 Å². The van der Waals surface area contributed by atoms with Crippen molar-refractivity contribution >= 4 is 28.2 Å². The van der Waals surface area contributed by atoms with Crippen LogP contribution in [0.4, 0.5) is 5.69 Å². The van der Waals surface area contributed by atoms with Crippen LogP contribution in [0.5, 0.6) is 0 Å². The van der Waals surface area contributed by atoms with Gasteiger partial charge in [-0.2, -0.15) is 5.26 Å². The fraction of sp³-hybridized carbons (Fsp3) is 0.538. The van der Waals surface area contributed by atoms with E-state index in [9.17, 15) is 0 Å². The van der Waals surface area contributed by atoms with Crippen LogP contribution in [0.2, 0.25) is 5.02 Å². The standard InChI is InChI=1S/C26H32ClN3/c1-18-13-19-15-20(14-18)25-24(16-19)30-23-17-21(27)9-10-22(23)26(25)29-12-8-6-4-2-3-5-7-11-28/h9-10,13,17,19-20H,2-8,12,14-16H2,1H3,(H,29,30). The van der Waals surface area contributed by atoms with E-state index in [2.05, 4.69) is 30.5 Å². The number of aromatic nitrogens is 1. The van der Waals surface area contributed by atoms with Crippen molar-refractivity contribution in [2.75, 3.05) is 11.9 Å². The highest BCUT2D eigenvalue weighted by molar-refractivity contribution is 6.31. The van der Waals surface area contributed by atoms with Gasteiger partial charge in [0.2, 0.25) is 0 Å². The lowest BCUT2D eigenvalue weighted by atomic mass is 9.71. The number of nitrogens with one attached hydrogen (secondary N) is 1. The van der Waals surface area contributed by atoms with Gasteiger partial charge in [0.15, 0.2) is 0 Å². The highest BCUT2D eigenvalue weighted by Gasteiger charge is 2.33. The molecule has 2 bridgehead atoms. The molecule has 1 aromatic carbocycles. The van der Waals surface area contributed by atoms with Gasteiger partial charge in [0.25, 0.3) is 0 Å². The molecule has 2 aliphatic carbocycles. The lowest BCUT2D eigenvalue weighted by molar-refractivity contribution is 0.433. The summed E-state index contributed by atoms with van der Waals surface area (Å²) < 4.78 is 0. The maximum Gasteiger partial charge on any atom is 0.0741 e. The Hall–Kier alpha value is -2.05. The molecule has 1 aromatic heterocycles. The zero-order chi connectivity index (χ0) is 20.9. The van der Waals surface area contributed by atoms with E-state index < -0.39 is 0 Å². The molecule has 0 saturated heterocycles. The predicted molar refractivity (Wildman–Crippen MR) is 126 cm³/mol. The first-order valence-corrected chi connectivity index (χ1v) is 11.9. The van der Waals surface area contributed by atoms with Crippen LogP contribution >= 0.6 is 11.6 Å². The van der Waals surface area contributed by atoms with Crippen LogP contribution in [0.15, 0.2) is 29.8 Å². The molecular weight excluding hydrogens is 390 g/mol. The quantitative estimate of drug-likeness (QED) is 0.335. The molecule has 4 heteroatoms. The molecule has 30 heavy (non-hydrogen) atoms. The van der Waals surface area contributed by atoms with Crippen molar-refractivity contribution in [3.05, 3.63) is 46.1 Å². The molecule has 2 unspecified atom stereocenters. The van der Waals surface area contributed by atoms with Crippen LogP contribution < -0.4 is 5.32 Å². The fourth-order valence-corrected chi connectivity index (χ4v) is 5.49. The van der Waals surface area contributed by atoms with Gasteiger partial charge in [0, 0.05) is 40.3 Å². The molecule has 1 N–H and O–H groups in total. The minimum absolute atomic E-state index is 0.582. The van der Waals surface area contributed by atoms with Crippen molar-refractivity contribution in [1.29, 1.82) is 5.26 Å². The van der Waals surface area contributed by atoms with E-state index in [1.807, 2.05) is 12.1 Å². The maximum atomic E-state index is 8.62. The summed E-state index contributed by atoms with van der Waals surface area (Å²) in [6.07, 6.45) is 13.8. The summed E-state index contributed by atoms with van der Waals surface area (Å²) in [5.41, 5.74) is 6.58. The summed E-state index contributed by atoms with van der Waals surface area (Å²) in [5.74, 6) is 1.22. The van der Waals surface area contributed by atoms with E-state index in [0.717, 1.165) is 36.3 Å². The van der Waals surface area contributed by atoms with Gasteiger partial charge in [0.1, 0.15) is 0 Å². The number of hydrogen-bond donors (Lipinski definition) is 1. The van der Waals surface area contributed by atoms with Crippen LogP contribution in [0.1, 0.15) is 81.9 Å². The van der Waals surface area contributed by atoms with Crippen LogP contribution in [-0.2, 0) is 6.42 Å². The first-order chi connectivity index (χ1) is 14.7. The molecule has 0 aliphatic heterocycles. The largest absolute Gasteiger partial charge is 0.384 e. The summed E-state index contributed by atoms with van der Waals surface area (Å²) in [7, 11) is 0. The van der Waals surface area contributed by atoms with Gasteiger partial charge < -0.3 is 5.32 Å². The Bertz CT molecular complexity index is 972. The van der Waals surface area contributed by atoms with E-state index in [0.29, 0.717) is 18.3 Å². The molecule has 4 rings (SSSR count). The van der Waals surface area contributed by atoms with E-state index in [-0.39, 0.29) is 0 Å². The number of unbranched alkanes of at least 4 members (excludes halogenated alkanes) is 6.